The van der Waals surface area contributed by atoms with Crippen LogP contribution >= 0.6 is 12.2 Å². The quantitative estimate of drug-likeness (QED) is 0.446. The van der Waals surface area contributed by atoms with Gasteiger partial charge >= 0.3 is 0 Å². The van der Waals surface area contributed by atoms with E-state index in [1.54, 1.807) is 0 Å². The van der Waals surface area contributed by atoms with Crippen molar-refractivity contribution in [2.45, 2.75) is 12.5 Å². The summed E-state index contributed by atoms with van der Waals surface area (Å²) >= 11 is 4.99. The Balaban J connectivity index is 1.90. The van der Waals surface area contributed by atoms with Crippen LogP contribution in [0.1, 0.15) is 6.42 Å². The molecule has 64 valence electrons. The predicted molar refractivity (Wildman–Crippen MR) is 49.7 cm³/mol. The number of fused-ring (bicyclic) bond motifs is 5. The first-order chi connectivity index (χ1) is 5.84. The lowest BCUT2D eigenvalue weighted by molar-refractivity contribution is 0.0856. The molecule has 2 bridgehead atoms. The van der Waals surface area contributed by atoms with E-state index in [0.717, 1.165) is 12.5 Å². The lowest BCUT2D eigenvalue weighted by atomic mass is 9.90. The Bertz CT molecular complexity index is 263. The minimum Gasteiger partial charge on any atom is -0.467 e. The molecule has 2 fully saturated rings. The van der Waals surface area contributed by atoms with Crippen LogP contribution in [0.15, 0.2) is 12.2 Å². The first-order valence-electron chi connectivity index (χ1n) is 4.47. The van der Waals surface area contributed by atoms with Crippen LogP contribution in [-0.2, 0) is 4.74 Å². The Morgan fingerprint density at radius 1 is 1.42 bits per heavy atom. The fraction of sp³-hybridized carbons (Fsp3) is 0.667. The van der Waals surface area contributed by atoms with E-state index >= 15 is 0 Å². The molecule has 0 spiro atoms. The monoisotopic (exact) mass is 181 g/mol. The minimum absolute atomic E-state index is 0.383. The molecular formula is C9H11NOS. The Labute approximate surface area is 77.0 Å². The van der Waals surface area contributed by atoms with Crippen molar-refractivity contribution in [2.75, 3.05) is 6.54 Å². The third kappa shape index (κ3) is 0.774. The van der Waals surface area contributed by atoms with Crippen LogP contribution in [0.2, 0.25) is 0 Å². The SMILES string of the molecule is S=C1NC[C@H]2[C@@H](O1)[C@@H]1C=C[C@H]2C1. The molecule has 0 aromatic carbocycles. The summed E-state index contributed by atoms with van der Waals surface area (Å²) < 4.78 is 5.61. The van der Waals surface area contributed by atoms with E-state index in [2.05, 4.69) is 17.5 Å². The van der Waals surface area contributed by atoms with Crippen molar-refractivity contribution < 1.29 is 4.74 Å². The van der Waals surface area contributed by atoms with Crippen LogP contribution in [0.5, 0.6) is 0 Å². The van der Waals surface area contributed by atoms with Crippen molar-refractivity contribution in [3.05, 3.63) is 12.2 Å². The van der Waals surface area contributed by atoms with Gasteiger partial charge in [0, 0.05) is 18.4 Å². The second kappa shape index (κ2) is 2.22. The van der Waals surface area contributed by atoms with Crippen LogP contribution in [0, 0.1) is 17.8 Å². The van der Waals surface area contributed by atoms with Gasteiger partial charge in [-0.05, 0) is 24.6 Å². The molecule has 2 aliphatic carbocycles. The molecule has 0 aromatic rings. The van der Waals surface area contributed by atoms with Crippen molar-refractivity contribution >= 4 is 17.4 Å². The van der Waals surface area contributed by atoms with E-state index in [9.17, 15) is 0 Å². The maximum atomic E-state index is 5.61. The largest absolute Gasteiger partial charge is 0.467 e. The van der Waals surface area contributed by atoms with Gasteiger partial charge < -0.3 is 10.1 Å². The number of nitrogens with one attached hydrogen (secondary N) is 1. The van der Waals surface area contributed by atoms with E-state index in [1.165, 1.54) is 6.42 Å². The molecule has 0 radical (unpaired) electrons. The van der Waals surface area contributed by atoms with E-state index in [1.807, 2.05) is 0 Å². The molecule has 0 unspecified atom stereocenters. The van der Waals surface area contributed by atoms with Crippen molar-refractivity contribution in [1.82, 2.24) is 5.32 Å². The second-order valence-corrected chi connectivity index (χ2v) is 4.23. The molecule has 4 atom stereocenters. The highest BCUT2D eigenvalue weighted by Crippen LogP contribution is 2.45. The van der Waals surface area contributed by atoms with Crippen LogP contribution in [0.4, 0.5) is 0 Å². The summed E-state index contributed by atoms with van der Waals surface area (Å²) in [4.78, 5) is 0. The molecule has 1 N–H and O–H groups in total. The molecular weight excluding hydrogens is 170 g/mol. The average Bonchev–Trinajstić information content (AvgIpc) is 2.63. The van der Waals surface area contributed by atoms with Gasteiger partial charge in [0.1, 0.15) is 6.10 Å². The number of thiocarbonyl (C=S) groups is 1. The van der Waals surface area contributed by atoms with E-state index in [-0.39, 0.29) is 0 Å². The van der Waals surface area contributed by atoms with Gasteiger partial charge in [-0.25, -0.2) is 0 Å². The minimum atomic E-state index is 0.383. The van der Waals surface area contributed by atoms with Crippen LogP contribution in [-0.4, -0.2) is 17.8 Å². The topological polar surface area (TPSA) is 21.3 Å². The van der Waals surface area contributed by atoms with E-state index in [0.29, 0.717) is 23.1 Å². The highest BCUT2D eigenvalue weighted by atomic mass is 32.1. The summed E-state index contributed by atoms with van der Waals surface area (Å²) in [6.07, 6.45) is 6.29. The standard InChI is InChI=1S/C9H11NOS/c12-9-10-4-7-5-1-2-6(3-5)8(7)11-9/h1-2,5-8H,3-4H2,(H,10,12)/t5-,6+,7+,8-/m0/s1. The molecule has 1 aliphatic heterocycles. The highest BCUT2D eigenvalue weighted by molar-refractivity contribution is 7.80. The van der Waals surface area contributed by atoms with Crippen LogP contribution in [0.25, 0.3) is 0 Å². The molecule has 3 aliphatic rings. The summed E-state index contributed by atoms with van der Waals surface area (Å²) in [6.45, 7) is 1.01. The number of ether oxygens (including phenoxy) is 1. The number of hydrogen-bond donors (Lipinski definition) is 1. The van der Waals surface area contributed by atoms with Gasteiger partial charge in [0.25, 0.3) is 5.17 Å². The van der Waals surface area contributed by atoms with Gasteiger partial charge in [0.15, 0.2) is 0 Å². The average molecular weight is 181 g/mol. The van der Waals surface area contributed by atoms with Gasteiger partial charge in [-0.1, -0.05) is 12.2 Å². The molecule has 0 aromatic heterocycles. The summed E-state index contributed by atoms with van der Waals surface area (Å²) in [5, 5.41) is 3.71. The second-order valence-electron chi connectivity index (χ2n) is 3.86. The highest BCUT2D eigenvalue weighted by Gasteiger charge is 2.47. The summed E-state index contributed by atoms with van der Waals surface area (Å²) in [6, 6.07) is 0. The Morgan fingerprint density at radius 3 is 3.17 bits per heavy atom. The first kappa shape index (κ1) is 6.89. The molecule has 0 amide bonds. The predicted octanol–water partition coefficient (Wildman–Crippen LogP) is 1.08. The summed E-state index contributed by atoms with van der Waals surface area (Å²) in [5.74, 6) is 2.06. The maximum Gasteiger partial charge on any atom is 0.256 e. The van der Waals surface area contributed by atoms with Gasteiger partial charge in [0.2, 0.25) is 0 Å². The van der Waals surface area contributed by atoms with E-state index in [4.69, 9.17) is 17.0 Å². The fourth-order valence-corrected chi connectivity index (χ4v) is 2.88. The van der Waals surface area contributed by atoms with Gasteiger partial charge in [-0.2, -0.15) is 0 Å². The Hall–Kier alpha value is -0.570. The fourth-order valence-electron chi connectivity index (χ4n) is 2.69. The molecule has 1 saturated carbocycles. The lowest BCUT2D eigenvalue weighted by Gasteiger charge is -2.33. The number of hydrogen-bond acceptors (Lipinski definition) is 2. The zero-order valence-electron chi connectivity index (χ0n) is 6.69. The first-order valence-corrected chi connectivity index (χ1v) is 4.88. The van der Waals surface area contributed by atoms with Crippen molar-refractivity contribution in [3.8, 4) is 0 Å². The smallest absolute Gasteiger partial charge is 0.256 e. The third-order valence-corrected chi connectivity index (χ3v) is 3.51. The van der Waals surface area contributed by atoms with Crippen molar-refractivity contribution in [1.29, 1.82) is 0 Å². The molecule has 2 nitrogen and oxygen atoms in total. The zero-order valence-corrected chi connectivity index (χ0v) is 7.51. The van der Waals surface area contributed by atoms with Crippen molar-refractivity contribution in [3.63, 3.8) is 0 Å². The van der Waals surface area contributed by atoms with Gasteiger partial charge in [-0.15, -0.1) is 0 Å². The Kier molecular flexibility index (Phi) is 1.28. The molecule has 12 heavy (non-hydrogen) atoms. The molecule has 1 heterocycles. The van der Waals surface area contributed by atoms with Gasteiger partial charge in [-0.3, -0.25) is 0 Å². The molecule has 3 heteroatoms. The molecule has 1 saturated heterocycles. The normalized spacial score (nSPS) is 48.5. The van der Waals surface area contributed by atoms with Crippen LogP contribution < -0.4 is 5.32 Å². The third-order valence-electron chi connectivity index (χ3n) is 3.27. The maximum absolute atomic E-state index is 5.61. The van der Waals surface area contributed by atoms with Crippen molar-refractivity contribution in [2.24, 2.45) is 17.8 Å². The van der Waals surface area contributed by atoms with Gasteiger partial charge in [0.05, 0.1) is 0 Å². The lowest BCUT2D eigenvalue weighted by Crippen LogP contribution is -2.46. The Morgan fingerprint density at radius 2 is 2.25 bits per heavy atom. The summed E-state index contributed by atoms with van der Waals surface area (Å²) in [5.41, 5.74) is 0. The molecule has 3 rings (SSSR count). The number of allylic oxidation sites excluding steroid dienone is 1. The van der Waals surface area contributed by atoms with Crippen LogP contribution in [0.3, 0.4) is 0 Å². The number of rotatable bonds is 0. The zero-order chi connectivity index (χ0) is 8.13. The van der Waals surface area contributed by atoms with E-state index < -0.39 is 0 Å². The summed E-state index contributed by atoms with van der Waals surface area (Å²) in [7, 11) is 0.